The van der Waals surface area contributed by atoms with Gasteiger partial charge in [0, 0.05) is 9.50 Å². The van der Waals surface area contributed by atoms with Gasteiger partial charge in [0.1, 0.15) is 12.2 Å². The summed E-state index contributed by atoms with van der Waals surface area (Å²) in [6.45, 7) is 4.40. The lowest BCUT2D eigenvalue weighted by Gasteiger charge is -2.26. The first-order valence-corrected chi connectivity index (χ1v) is 12.3. The van der Waals surface area contributed by atoms with E-state index < -0.39 is 17.8 Å². The van der Waals surface area contributed by atoms with Gasteiger partial charge in [-0.25, -0.2) is 9.69 Å². The maximum absolute atomic E-state index is 13.2. The van der Waals surface area contributed by atoms with Crippen LogP contribution in [0.1, 0.15) is 23.6 Å². The molecule has 3 aromatic carbocycles. The molecule has 1 aliphatic rings. The highest BCUT2D eigenvalue weighted by atomic mass is 79.9. The predicted octanol–water partition coefficient (Wildman–Crippen LogP) is 6.06. The Balaban J connectivity index is 1.65. The Bertz CT molecular complexity index is 1350. The summed E-state index contributed by atoms with van der Waals surface area (Å²) in [5.74, 6) is -0.574. The van der Waals surface area contributed by atoms with Crippen LogP contribution in [0, 0.1) is 6.92 Å². The highest BCUT2D eigenvalue weighted by Gasteiger charge is 2.37. The summed E-state index contributed by atoms with van der Waals surface area (Å²) in [7, 11) is 0. The van der Waals surface area contributed by atoms with E-state index in [1.54, 1.807) is 48.5 Å². The highest BCUT2D eigenvalue weighted by molar-refractivity contribution is 9.10. The third-order valence-corrected chi connectivity index (χ3v) is 6.30. The second-order valence-corrected chi connectivity index (χ2v) is 9.25. The average molecular weight is 570 g/mol. The van der Waals surface area contributed by atoms with Gasteiger partial charge in [-0.1, -0.05) is 57.4 Å². The normalized spacial score (nSPS) is 14.7. The molecule has 0 bridgehead atoms. The zero-order valence-electron chi connectivity index (χ0n) is 19.5. The summed E-state index contributed by atoms with van der Waals surface area (Å²) >= 11 is 9.44. The largest absolute Gasteiger partial charge is 0.490 e. The van der Waals surface area contributed by atoms with Gasteiger partial charge in [-0.3, -0.25) is 14.9 Å². The van der Waals surface area contributed by atoms with Gasteiger partial charge >= 0.3 is 6.03 Å². The Morgan fingerprint density at radius 2 is 1.64 bits per heavy atom. The van der Waals surface area contributed by atoms with E-state index >= 15 is 0 Å². The molecule has 3 aromatic rings. The van der Waals surface area contributed by atoms with Crippen molar-refractivity contribution in [2.45, 2.75) is 20.5 Å². The lowest BCUT2D eigenvalue weighted by molar-refractivity contribution is -0.122. The fraction of sp³-hybridized carbons (Fsp3) is 0.148. The number of hydrogen-bond donors (Lipinski definition) is 1. The van der Waals surface area contributed by atoms with Crippen LogP contribution in [-0.4, -0.2) is 24.5 Å². The molecule has 0 unspecified atom stereocenters. The average Bonchev–Trinajstić information content (AvgIpc) is 2.84. The van der Waals surface area contributed by atoms with Gasteiger partial charge in [0.2, 0.25) is 0 Å². The van der Waals surface area contributed by atoms with Gasteiger partial charge in [0.15, 0.2) is 11.5 Å². The number of imide groups is 2. The van der Waals surface area contributed by atoms with Gasteiger partial charge in [0.05, 0.1) is 12.3 Å². The molecule has 1 saturated heterocycles. The lowest BCUT2D eigenvalue weighted by atomic mass is 10.1. The van der Waals surface area contributed by atoms with Crippen LogP contribution in [0.3, 0.4) is 0 Å². The van der Waals surface area contributed by atoms with Crippen LogP contribution < -0.4 is 19.7 Å². The molecular formula is C27H22BrClN2O5. The number of urea groups is 1. The van der Waals surface area contributed by atoms with E-state index in [0.717, 1.165) is 16.0 Å². The number of barbiturate groups is 1. The number of carbonyl (C=O) groups is 3. The molecule has 1 aliphatic heterocycles. The van der Waals surface area contributed by atoms with Crippen LogP contribution in [-0.2, 0) is 16.2 Å². The second-order valence-electron chi connectivity index (χ2n) is 7.96. The molecule has 0 aromatic heterocycles. The number of nitrogens with zero attached hydrogens (tertiary/aromatic N) is 1. The van der Waals surface area contributed by atoms with E-state index in [0.29, 0.717) is 45.5 Å². The molecule has 1 fully saturated rings. The van der Waals surface area contributed by atoms with Gasteiger partial charge in [-0.15, -0.1) is 0 Å². The van der Waals surface area contributed by atoms with Crippen molar-refractivity contribution in [1.82, 2.24) is 5.32 Å². The molecule has 36 heavy (non-hydrogen) atoms. The SMILES string of the molecule is CCOc1cc(/C=C2\C(=O)NC(=O)N(c3ccc(C)cc3)C2=O)c(Br)cc1OCc1ccc(Cl)cc1. The molecule has 0 saturated carbocycles. The van der Waals surface area contributed by atoms with E-state index in [2.05, 4.69) is 21.2 Å². The number of amides is 4. The van der Waals surface area contributed by atoms with Crippen molar-refractivity contribution in [3.8, 4) is 11.5 Å². The Morgan fingerprint density at radius 3 is 2.31 bits per heavy atom. The Morgan fingerprint density at radius 1 is 0.972 bits per heavy atom. The minimum absolute atomic E-state index is 0.187. The second kappa shape index (κ2) is 11.0. The van der Waals surface area contributed by atoms with Crippen LogP contribution >= 0.6 is 27.5 Å². The van der Waals surface area contributed by atoms with Crippen LogP contribution in [0.2, 0.25) is 5.02 Å². The van der Waals surface area contributed by atoms with Crippen LogP contribution in [0.15, 0.2) is 70.7 Å². The van der Waals surface area contributed by atoms with Crippen molar-refractivity contribution < 1.29 is 23.9 Å². The molecule has 1 heterocycles. The Labute approximate surface area is 221 Å². The molecular weight excluding hydrogens is 548 g/mol. The number of hydrogen-bond acceptors (Lipinski definition) is 5. The number of nitrogens with one attached hydrogen (secondary N) is 1. The molecule has 184 valence electrons. The van der Waals surface area contributed by atoms with E-state index in [1.807, 2.05) is 26.0 Å². The summed E-state index contributed by atoms with van der Waals surface area (Å²) in [6.07, 6.45) is 1.42. The predicted molar refractivity (Wildman–Crippen MR) is 141 cm³/mol. The zero-order chi connectivity index (χ0) is 25.8. The first-order chi connectivity index (χ1) is 17.3. The fourth-order valence-electron chi connectivity index (χ4n) is 3.53. The molecule has 1 N–H and O–H groups in total. The maximum atomic E-state index is 13.2. The summed E-state index contributed by atoms with van der Waals surface area (Å²) in [5.41, 5.74) is 2.58. The van der Waals surface area contributed by atoms with Gasteiger partial charge < -0.3 is 9.47 Å². The highest BCUT2D eigenvalue weighted by Crippen LogP contribution is 2.36. The quantitative estimate of drug-likeness (QED) is 0.276. The maximum Gasteiger partial charge on any atom is 0.335 e. The number of rotatable bonds is 7. The summed E-state index contributed by atoms with van der Waals surface area (Å²) in [6, 6.07) is 16.7. The van der Waals surface area contributed by atoms with Crippen LogP contribution in [0.5, 0.6) is 11.5 Å². The van der Waals surface area contributed by atoms with Crippen molar-refractivity contribution >= 4 is 57.1 Å². The van der Waals surface area contributed by atoms with Crippen molar-refractivity contribution in [2.24, 2.45) is 0 Å². The van der Waals surface area contributed by atoms with Crippen LogP contribution in [0.4, 0.5) is 10.5 Å². The summed E-state index contributed by atoms with van der Waals surface area (Å²) < 4.78 is 12.3. The molecule has 4 rings (SSSR count). The third kappa shape index (κ3) is 5.61. The molecule has 9 heteroatoms. The number of carbonyl (C=O) groups excluding carboxylic acids is 3. The van der Waals surface area contributed by atoms with E-state index in [9.17, 15) is 14.4 Å². The van der Waals surface area contributed by atoms with E-state index in [4.69, 9.17) is 21.1 Å². The van der Waals surface area contributed by atoms with Crippen molar-refractivity contribution in [3.63, 3.8) is 0 Å². The fourth-order valence-corrected chi connectivity index (χ4v) is 4.09. The molecule has 4 amide bonds. The molecule has 0 radical (unpaired) electrons. The van der Waals surface area contributed by atoms with Crippen molar-refractivity contribution in [2.75, 3.05) is 11.5 Å². The molecule has 0 spiro atoms. The van der Waals surface area contributed by atoms with Gasteiger partial charge in [0.25, 0.3) is 11.8 Å². The minimum atomic E-state index is -0.800. The first kappa shape index (κ1) is 25.5. The summed E-state index contributed by atoms with van der Waals surface area (Å²) in [5, 5.41) is 2.87. The third-order valence-electron chi connectivity index (χ3n) is 5.36. The standard InChI is InChI=1S/C27H22BrClN2O5/c1-3-35-23-13-18(22(28)14-24(23)36-15-17-6-8-19(29)9-7-17)12-21-25(32)30-27(34)31(26(21)33)20-10-4-16(2)5-11-20/h4-14H,3,15H2,1-2H3,(H,30,32,34)/b21-12+. The number of benzene rings is 3. The van der Waals surface area contributed by atoms with E-state index in [1.165, 1.54) is 6.08 Å². The number of halogens is 2. The molecule has 0 atom stereocenters. The minimum Gasteiger partial charge on any atom is -0.490 e. The first-order valence-electron chi connectivity index (χ1n) is 11.1. The molecule has 0 aliphatic carbocycles. The van der Waals surface area contributed by atoms with Gasteiger partial charge in [-0.2, -0.15) is 0 Å². The van der Waals surface area contributed by atoms with Gasteiger partial charge in [-0.05, 0) is 67.4 Å². The lowest BCUT2D eigenvalue weighted by Crippen LogP contribution is -2.54. The Hall–Kier alpha value is -3.62. The monoisotopic (exact) mass is 568 g/mol. The number of ether oxygens (including phenoxy) is 2. The zero-order valence-corrected chi connectivity index (χ0v) is 21.9. The van der Waals surface area contributed by atoms with Crippen molar-refractivity contribution in [3.05, 3.63) is 92.4 Å². The summed E-state index contributed by atoms with van der Waals surface area (Å²) in [4.78, 5) is 39.2. The van der Waals surface area contributed by atoms with Crippen molar-refractivity contribution in [1.29, 1.82) is 0 Å². The Kier molecular flexibility index (Phi) is 7.76. The number of aryl methyl sites for hydroxylation is 1. The van der Waals surface area contributed by atoms with Crippen LogP contribution in [0.25, 0.3) is 6.08 Å². The molecule has 7 nitrogen and oxygen atoms in total. The topological polar surface area (TPSA) is 84.9 Å². The number of anilines is 1. The smallest absolute Gasteiger partial charge is 0.335 e. The van der Waals surface area contributed by atoms with E-state index in [-0.39, 0.29) is 5.57 Å².